The lowest BCUT2D eigenvalue weighted by molar-refractivity contribution is 0.481. The average molecular weight is 360 g/mol. The summed E-state index contributed by atoms with van der Waals surface area (Å²) in [5, 5.41) is 2.97. The van der Waals surface area contributed by atoms with Crippen LogP contribution in [0.4, 0.5) is 5.69 Å². The number of anilines is 1. The molecule has 126 valence electrons. The van der Waals surface area contributed by atoms with Crippen LogP contribution >= 0.6 is 0 Å². The van der Waals surface area contributed by atoms with Crippen LogP contribution in [-0.2, 0) is 26.8 Å². The molecule has 10 heteroatoms. The molecule has 0 aromatic heterocycles. The maximum atomic E-state index is 11.0. The topological polar surface area (TPSA) is 156 Å². The molecule has 0 heterocycles. The van der Waals surface area contributed by atoms with Crippen molar-refractivity contribution in [2.45, 2.75) is 16.3 Å². The number of nitrogens with one attached hydrogen (secondary N) is 1. The van der Waals surface area contributed by atoms with Crippen molar-refractivity contribution in [3.05, 3.63) is 54.1 Å². The molecule has 2 rings (SSSR count). The van der Waals surface area contributed by atoms with Crippen LogP contribution in [-0.4, -0.2) is 25.9 Å². The van der Waals surface area contributed by atoms with E-state index in [1.165, 1.54) is 42.5 Å². The minimum Gasteiger partial charge on any atom is -0.381 e. The fraction of sp³-hybridized carbons (Fsp3) is 0.0769. The largest absolute Gasteiger partial charge is 0.381 e. The molecule has 0 radical (unpaired) electrons. The normalized spacial score (nSPS) is 11.6. The van der Waals surface area contributed by atoms with E-state index in [0.717, 1.165) is 0 Å². The van der Waals surface area contributed by atoms with Crippen LogP contribution in [0.25, 0.3) is 0 Å². The Morgan fingerprint density at radius 3 is 1.91 bits per heavy atom. The SMILES string of the molecule is N.O=S(=O)(O)c1ccc(NCc2cccc(S(=O)(=O)O)c2)cc1. The van der Waals surface area contributed by atoms with E-state index in [2.05, 4.69) is 5.32 Å². The van der Waals surface area contributed by atoms with Crippen LogP contribution in [0.2, 0.25) is 0 Å². The van der Waals surface area contributed by atoms with Crippen LogP contribution < -0.4 is 11.5 Å². The van der Waals surface area contributed by atoms with E-state index in [4.69, 9.17) is 9.11 Å². The maximum absolute atomic E-state index is 11.0. The zero-order valence-electron chi connectivity index (χ0n) is 11.9. The highest BCUT2D eigenvalue weighted by atomic mass is 32.2. The van der Waals surface area contributed by atoms with Gasteiger partial charge in [-0.3, -0.25) is 9.11 Å². The van der Waals surface area contributed by atoms with Gasteiger partial charge in [0.2, 0.25) is 0 Å². The fourth-order valence-electron chi connectivity index (χ4n) is 1.76. The molecule has 0 aliphatic carbocycles. The van der Waals surface area contributed by atoms with Gasteiger partial charge < -0.3 is 11.5 Å². The highest BCUT2D eigenvalue weighted by molar-refractivity contribution is 7.86. The summed E-state index contributed by atoms with van der Waals surface area (Å²) in [5.41, 5.74) is 1.21. The van der Waals surface area contributed by atoms with Crippen molar-refractivity contribution in [2.24, 2.45) is 0 Å². The molecule has 8 nitrogen and oxygen atoms in total. The molecule has 0 atom stereocenters. The molecular formula is C13H16N2O6S2. The molecule has 2 aromatic rings. The van der Waals surface area contributed by atoms with Crippen molar-refractivity contribution in [3.8, 4) is 0 Å². The summed E-state index contributed by atoms with van der Waals surface area (Å²) < 4.78 is 61.8. The standard InChI is InChI=1S/C13H13NO6S2.H3N/c15-21(16,17)12-6-4-11(5-7-12)14-9-10-2-1-3-13(8-10)22(18,19)20;/h1-8,14H,9H2,(H,15,16,17)(H,18,19,20);1H3. The smallest absolute Gasteiger partial charge is 0.294 e. The Kier molecular flexibility index (Phi) is 5.86. The summed E-state index contributed by atoms with van der Waals surface area (Å²) in [6, 6.07) is 11.2. The summed E-state index contributed by atoms with van der Waals surface area (Å²) in [7, 11) is -8.48. The lowest BCUT2D eigenvalue weighted by Crippen LogP contribution is -2.03. The third-order valence-corrected chi connectivity index (χ3v) is 4.56. The summed E-state index contributed by atoms with van der Waals surface area (Å²) in [5.74, 6) is 0. The van der Waals surface area contributed by atoms with Gasteiger partial charge in [0, 0.05) is 12.2 Å². The average Bonchev–Trinajstić information content (AvgIpc) is 2.44. The molecular weight excluding hydrogens is 344 g/mol. The van der Waals surface area contributed by atoms with Gasteiger partial charge in [0.1, 0.15) is 0 Å². The molecule has 0 saturated carbocycles. The van der Waals surface area contributed by atoms with Crippen LogP contribution in [0.3, 0.4) is 0 Å². The molecule has 6 N–H and O–H groups in total. The molecule has 0 aliphatic heterocycles. The van der Waals surface area contributed by atoms with E-state index in [1.54, 1.807) is 6.07 Å². The zero-order valence-corrected chi connectivity index (χ0v) is 13.5. The predicted octanol–water partition coefficient (Wildman–Crippen LogP) is 1.95. The molecule has 2 aromatic carbocycles. The van der Waals surface area contributed by atoms with E-state index in [-0.39, 0.29) is 22.5 Å². The first-order valence-corrected chi connectivity index (χ1v) is 8.92. The Bertz CT molecular complexity index is 877. The van der Waals surface area contributed by atoms with Crippen molar-refractivity contribution >= 4 is 25.9 Å². The number of hydrogen-bond donors (Lipinski definition) is 4. The first-order chi connectivity index (χ1) is 10.2. The molecule has 0 spiro atoms. The molecule has 0 fully saturated rings. The summed E-state index contributed by atoms with van der Waals surface area (Å²) in [6.45, 7) is 0.272. The van der Waals surface area contributed by atoms with Crippen molar-refractivity contribution in [1.29, 1.82) is 0 Å². The van der Waals surface area contributed by atoms with Gasteiger partial charge in [-0.2, -0.15) is 16.8 Å². The van der Waals surface area contributed by atoms with Gasteiger partial charge in [-0.05, 0) is 42.0 Å². The van der Waals surface area contributed by atoms with Crippen molar-refractivity contribution in [3.63, 3.8) is 0 Å². The van der Waals surface area contributed by atoms with Crippen LogP contribution in [0.1, 0.15) is 5.56 Å². The van der Waals surface area contributed by atoms with E-state index in [1.807, 2.05) is 0 Å². The second kappa shape index (κ2) is 7.06. The first kappa shape index (κ1) is 19.1. The molecule has 0 amide bonds. The van der Waals surface area contributed by atoms with Crippen molar-refractivity contribution in [2.75, 3.05) is 5.32 Å². The fourth-order valence-corrected chi connectivity index (χ4v) is 2.80. The van der Waals surface area contributed by atoms with Gasteiger partial charge >= 0.3 is 0 Å². The number of rotatable bonds is 5. The second-order valence-corrected chi connectivity index (χ2v) is 7.32. The predicted molar refractivity (Wildman–Crippen MR) is 84.9 cm³/mol. The van der Waals surface area contributed by atoms with Gasteiger partial charge in [0.05, 0.1) is 9.79 Å². The maximum Gasteiger partial charge on any atom is 0.294 e. The minimum absolute atomic E-state index is 0. The number of hydrogen-bond acceptors (Lipinski definition) is 6. The van der Waals surface area contributed by atoms with E-state index in [9.17, 15) is 16.8 Å². The van der Waals surface area contributed by atoms with Crippen LogP contribution in [0.15, 0.2) is 58.3 Å². The van der Waals surface area contributed by atoms with Gasteiger partial charge in [0.25, 0.3) is 20.2 Å². The Labute approximate surface area is 134 Å². The first-order valence-electron chi connectivity index (χ1n) is 6.04. The van der Waals surface area contributed by atoms with Crippen LogP contribution in [0.5, 0.6) is 0 Å². The third kappa shape index (κ3) is 5.30. The lowest BCUT2D eigenvalue weighted by atomic mass is 10.2. The Balaban J connectivity index is 0.00000264. The summed E-state index contributed by atoms with van der Waals surface area (Å²) >= 11 is 0. The van der Waals surface area contributed by atoms with Gasteiger partial charge in [-0.1, -0.05) is 12.1 Å². The quantitative estimate of drug-likeness (QED) is 0.589. The summed E-state index contributed by atoms with van der Waals surface area (Å²) in [4.78, 5) is -0.417. The van der Waals surface area contributed by atoms with Crippen LogP contribution in [0, 0.1) is 0 Å². The van der Waals surface area contributed by atoms with Gasteiger partial charge in [0.15, 0.2) is 0 Å². The van der Waals surface area contributed by atoms with E-state index < -0.39 is 20.2 Å². The molecule has 0 bridgehead atoms. The lowest BCUT2D eigenvalue weighted by Gasteiger charge is -2.08. The third-order valence-electron chi connectivity index (χ3n) is 2.85. The minimum atomic E-state index is -4.25. The highest BCUT2D eigenvalue weighted by Gasteiger charge is 2.10. The summed E-state index contributed by atoms with van der Waals surface area (Å²) in [6.07, 6.45) is 0. The van der Waals surface area contributed by atoms with E-state index >= 15 is 0 Å². The van der Waals surface area contributed by atoms with Crippen molar-refractivity contribution in [1.82, 2.24) is 6.15 Å². The number of benzene rings is 2. The molecule has 0 saturated heterocycles. The second-order valence-electron chi connectivity index (χ2n) is 4.48. The van der Waals surface area contributed by atoms with Gasteiger partial charge in [-0.25, -0.2) is 0 Å². The van der Waals surface area contributed by atoms with E-state index in [0.29, 0.717) is 11.3 Å². The molecule has 23 heavy (non-hydrogen) atoms. The Morgan fingerprint density at radius 2 is 1.39 bits per heavy atom. The molecule has 0 unspecified atom stereocenters. The van der Waals surface area contributed by atoms with Crippen molar-refractivity contribution < 1.29 is 25.9 Å². The van der Waals surface area contributed by atoms with Gasteiger partial charge in [-0.15, -0.1) is 0 Å². The Hall–Kier alpha value is -1.98. The monoisotopic (exact) mass is 360 g/mol. The highest BCUT2D eigenvalue weighted by Crippen LogP contribution is 2.16. The Morgan fingerprint density at radius 1 is 0.826 bits per heavy atom. The molecule has 0 aliphatic rings. The zero-order chi connectivity index (χ0) is 16.4.